The monoisotopic (exact) mass is 235 g/mol. The number of hydrogen-bond donors (Lipinski definition) is 3. The van der Waals surface area contributed by atoms with E-state index in [1.165, 1.54) is 18.3 Å². The van der Waals surface area contributed by atoms with Gasteiger partial charge in [0.05, 0.1) is 0 Å². The molecule has 0 unspecified atom stereocenters. The third-order valence-corrected chi connectivity index (χ3v) is 1.71. The molecule has 0 aliphatic carbocycles. The lowest BCUT2D eigenvalue weighted by atomic mass is 10.1. The summed E-state index contributed by atoms with van der Waals surface area (Å²) in [6.45, 7) is 0. The topological polar surface area (TPSA) is 73.6 Å². The van der Waals surface area contributed by atoms with E-state index in [1.807, 2.05) is 0 Å². The molecule has 1 heterocycles. The second-order valence-electron chi connectivity index (χ2n) is 3.00. The van der Waals surface area contributed by atoms with E-state index in [4.69, 9.17) is 10.2 Å². The largest absolute Gasteiger partial charge is 0.507 e. The van der Waals surface area contributed by atoms with Gasteiger partial charge in [-0.05, 0) is 12.1 Å². The van der Waals surface area contributed by atoms with Crippen molar-refractivity contribution in [1.29, 1.82) is 0 Å². The van der Waals surface area contributed by atoms with Crippen LogP contribution in [0, 0.1) is 0 Å². The molecule has 88 valence electrons. The van der Waals surface area contributed by atoms with Crippen LogP contribution in [0.15, 0.2) is 30.6 Å². The number of aromatic nitrogens is 1. The third-order valence-electron chi connectivity index (χ3n) is 1.71. The molecule has 1 rings (SSSR count). The fourth-order valence-electron chi connectivity index (χ4n) is 0.870. The van der Waals surface area contributed by atoms with Gasteiger partial charge in [-0.3, -0.25) is 4.98 Å². The minimum atomic E-state index is -5.29. The lowest BCUT2D eigenvalue weighted by Gasteiger charge is -2.21. The van der Waals surface area contributed by atoms with E-state index in [-0.39, 0.29) is 11.6 Å². The minimum Gasteiger partial charge on any atom is -0.507 e. The van der Waals surface area contributed by atoms with Crippen LogP contribution in [0.4, 0.5) is 13.2 Å². The molecule has 3 N–H and O–H groups in total. The summed E-state index contributed by atoms with van der Waals surface area (Å²) in [7, 11) is 0. The van der Waals surface area contributed by atoms with E-state index >= 15 is 0 Å². The van der Waals surface area contributed by atoms with Crippen LogP contribution in [-0.2, 0) is 0 Å². The number of rotatable bonds is 2. The summed E-state index contributed by atoms with van der Waals surface area (Å²) in [5.41, 5.74) is -0.0563. The van der Waals surface area contributed by atoms with E-state index in [1.54, 1.807) is 0 Å². The number of pyridine rings is 1. The van der Waals surface area contributed by atoms with Crippen molar-refractivity contribution in [2.45, 2.75) is 12.0 Å². The summed E-state index contributed by atoms with van der Waals surface area (Å²) < 4.78 is 36.1. The van der Waals surface area contributed by atoms with Gasteiger partial charge in [0.2, 0.25) is 0 Å². The molecule has 7 heteroatoms. The van der Waals surface area contributed by atoms with Crippen molar-refractivity contribution in [2.75, 3.05) is 0 Å². The van der Waals surface area contributed by atoms with Crippen molar-refractivity contribution in [1.82, 2.24) is 4.98 Å². The molecule has 0 spiro atoms. The zero-order chi connectivity index (χ0) is 12.4. The minimum absolute atomic E-state index is 0.0563. The molecule has 1 aromatic heterocycles. The Morgan fingerprint density at radius 3 is 2.38 bits per heavy atom. The van der Waals surface area contributed by atoms with Crippen molar-refractivity contribution < 1.29 is 28.5 Å². The zero-order valence-corrected chi connectivity index (χ0v) is 7.81. The fourth-order valence-corrected chi connectivity index (χ4v) is 0.870. The first-order valence-electron chi connectivity index (χ1n) is 4.08. The Bertz CT molecular complexity index is 387. The van der Waals surface area contributed by atoms with Crippen LogP contribution in [0.2, 0.25) is 0 Å². The highest BCUT2D eigenvalue weighted by Gasteiger charge is 2.51. The SMILES string of the molecule is O/C(=C\C(O)(O)C(F)(F)F)c1cccnc1. The fraction of sp³-hybridized carbons (Fsp3) is 0.222. The molecule has 0 amide bonds. The molecule has 0 bridgehead atoms. The highest BCUT2D eigenvalue weighted by molar-refractivity contribution is 5.58. The summed E-state index contributed by atoms with van der Waals surface area (Å²) in [5.74, 6) is -5.00. The first-order valence-corrected chi connectivity index (χ1v) is 4.08. The molecule has 0 saturated carbocycles. The van der Waals surface area contributed by atoms with Crippen LogP contribution in [0.5, 0.6) is 0 Å². The standard InChI is InChI=1S/C9H8F3NO3/c10-9(11,12)8(15,16)4-7(14)6-2-1-3-13-5-6/h1-5,14-16H/b7-4-. The number of aliphatic hydroxyl groups excluding tert-OH is 1. The van der Waals surface area contributed by atoms with Crippen LogP contribution in [0.1, 0.15) is 5.56 Å². The maximum absolute atomic E-state index is 12.0. The second kappa shape index (κ2) is 4.11. The van der Waals surface area contributed by atoms with E-state index in [9.17, 15) is 18.3 Å². The normalized spacial score (nSPS) is 13.9. The number of hydrogen-bond acceptors (Lipinski definition) is 4. The molecule has 1 aromatic rings. The van der Waals surface area contributed by atoms with Gasteiger partial charge in [0.1, 0.15) is 5.76 Å². The Morgan fingerprint density at radius 1 is 1.31 bits per heavy atom. The van der Waals surface area contributed by atoms with Crippen molar-refractivity contribution in [3.8, 4) is 0 Å². The van der Waals surface area contributed by atoms with Gasteiger partial charge in [-0.1, -0.05) is 0 Å². The van der Waals surface area contributed by atoms with E-state index < -0.39 is 17.7 Å². The molecule has 0 aliphatic heterocycles. The van der Waals surface area contributed by atoms with Gasteiger partial charge >= 0.3 is 6.18 Å². The summed E-state index contributed by atoms with van der Waals surface area (Å²) in [6.07, 6.45) is -2.96. The first kappa shape index (κ1) is 12.5. The van der Waals surface area contributed by atoms with Gasteiger partial charge in [0.25, 0.3) is 5.79 Å². The predicted octanol–water partition coefficient (Wildman–Crippen LogP) is 1.22. The lowest BCUT2D eigenvalue weighted by molar-refractivity contribution is -0.323. The zero-order valence-electron chi connectivity index (χ0n) is 7.81. The Hall–Kier alpha value is -1.60. The number of nitrogens with zero attached hydrogens (tertiary/aromatic N) is 1. The molecule has 0 aromatic carbocycles. The van der Waals surface area contributed by atoms with Crippen LogP contribution >= 0.6 is 0 Å². The number of halogens is 3. The van der Waals surface area contributed by atoms with Gasteiger partial charge in [-0.25, -0.2) is 0 Å². The molecule has 0 atom stereocenters. The van der Waals surface area contributed by atoms with Gasteiger partial charge in [0, 0.05) is 24.0 Å². The van der Waals surface area contributed by atoms with Crippen molar-refractivity contribution in [2.24, 2.45) is 0 Å². The quantitative estimate of drug-likeness (QED) is 0.532. The van der Waals surface area contributed by atoms with Crippen molar-refractivity contribution in [3.63, 3.8) is 0 Å². The first-order chi connectivity index (χ1) is 7.24. The average molecular weight is 235 g/mol. The molecule has 0 saturated heterocycles. The Labute approximate surface area is 88.3 Å². The van der Waals surface area contributed by atoms with Gasteiger partial charge in [0.15, 0.2) is 0 Å². The van der Waals surface area contributed by atoms with Gasteiger partial charge in [-0.15, -0.1) is 0 Å². The smallest absolute Gasteiger partial charge is 0.447 e. The molecule has 16 heavy (non-hydrogen) atoms. The number of aliphatic hydroxyl groups is 3. The van der Waals surface area contributed by atoms with E-state index in [2.05, 4.69) is 4.98 Å². The second-order valence-corrected chi connectivity index (χ2v) is 3.00. The molecule has 4 nitrogen and oxygen atoms in total. The van der Waals surface area contributed by atoms with Crippen LogP contribution in [-0.4, -0.2) is 32.3 Å². The van der Waals surface area contributed by atoms with Crippen molar-refractivity contribution >= 4 is 5.76 Å². The molecule has 0 aliphatic rings. The average Bonchev–Trinajstić information content (AvgIpc) is 2.16. The molecule has 0 fully saturated rings. The van der Waals surface area contributed by atoms with Gasteiger partial charge < -0.3 is 15.3 Å². The van der Waals surface area contributed by atoms with Crippen LogP contribution < -0.4 is 0 Å². The maximum Gasteiger partial charge on any atom is 0.447 e. The van der Waals surface area contributed by atoms with Crippen LogP contribution in [0.25, 0.3) is 5.76 Å². The Balaban J connectivity index is 3.03. The van der Waals surface area contributed by atoms with Crippen LogP contribution in [0.3, 0.4) is 0 Å². The highest BCUT2D eigenvalue weighted by atomic mass is 19.4. The summed E-state index contributed by atoms with van der Waals surface area (Å²) in [4.78, 5) is 3.55. The summed E-state index contributed by atoms with van der Waals surface area (Å²) in [5, 5.41) is 26.5. The predicted molar refractivity (Wildman–Crippen MR) is 48.1 cm³/mol. The van der Waals surface area contributed by atoms with Gasteiger partial charge in [-0.2, -0.15) is 13.2 Å². The maximum atomic E-state index is 12.0. The summed E-state index contributed by atoms with van der Waals surface area (Å²) >= 11 is 0. The highest BCUT2D eigenvalue weighted by Crippen LogP contribution is 2.30. The third kappa shape index (κ3) is 2.71. The number of alkyl halides is 3. The summed E-state index contributed by atoms with van der Waals surface area (Å²) in [6, 6.07) is 2.65. The van der Waals surface area contributed by atoms with E-state index in [0.717, 1.165) is 6.20 Å². The lowest BCUT2D eigenvalue weighted by Crippen LogP contribution is -2.43. The Kier molecular flexibility index (Phi) is 3.20. The van der Waals surface area contributed by atoms with Crippen molar-refractivity contribution in [3.05, 3.63) is 36.2 Å². The molecular formula is C9H8F3NO3. The Morgan fingerprint density at radius 2 is 1.94 bits per heavy atom. The molecule has 0 radical (unpaired) electrons. The van der Waals surface area contributed by atoms with E-state index in [0.29, 0.717) is 0 Å². The molecular weight excluding hydrogens is 227 g/mol.